The first-order valence-corrected chi connectivity index (χ1v) is 16.1. The molecule has 3 aliphatic rings. The van der Waals surface area contributed by atoms with Crippen molar-refractivity contribution in [2.75, 3.05) is 10.2 Å². The molecule has 10 nitrogen and oxygen atoms in total. The summed E-state index contributed by atoms with van der Waals surface area (Å²) in [7, 11) is 1.81. The van der Waals surface area contributed by atoms with Crippen molar-refractivity contribution in [1.82, 2.24) is 25.1 Å². The number of rotatable bonds is 10. The summed E-state index contributed by atoms with van der Waals surface area (Å²) in [4.78, 5) is 20.1. The summed E-state index contributed by atoms with van der Waals surface area (Å²) >= 11 is 0. The Hall–Kier alpha value is -4.80. The summed E-state index contributed by atoms with van der Waals surface area (Å²) in [5.74, 6) is 1.28. The minimum Gasteiger partial charge on any atom is -0.393 e. The fraction of sp³-hybridized carbons (Fsp3) is 0.400. The Morgan fingerprint density at radius 3 is 2.56 bits per heavy atom. The number of aliphatic hydroxyl groups excluding tert-OH is 1. The van der Waals surface area contributed by atoms with Gasteiger partial charge in [0, 0.05) is 36.8 Å². The van der Waals surface area contributed by atoms with Gasteiger partial charge in [0.1, 0.15) is 18.0 Å². The normalized spacial score (nSPS) is 19.5. The van der Waals surface area contributed by atoms with E-state index >= 15 is 0 Å². The van der Waals surface area contributed by atoms with E-state index in [2.05, 4.69) is 33.8 Å². The van der Waals surface area contributed by atoms with E-state index < -0.39 is 23.8 Å². The predicted molar refractivity (Wildman–Crippen MR) is 173 cm³/mol. The molecular formula is C35H35F3N8O2. The van der Waals surface area contributed by atoms with Crippen LogP contribution in [0.5, 0.6) is 0 Å². The maximum absolute atomic E-state index is 14.4. The molecular weight excluding hydrogens is 621 g/mol. The van der Waals surface area contributed by atoms with Crippen LogP contribution < -0.4 is 15.5 Å². The molecule has 1 aliphatic heterocycles. The number of nitriles is 1. The Morgan fingerprint density at radius 1 is 1.10 bits per heavy atom. The van der Waals surface area contributed by atoms with Crippen LogP contribution in [0.3, 0.4) is 0 Å². The monoisotopic (exact) mass is 656 g/mol. The highest BCUT2D eigenvalue weighted by molar-refractivity contribution is 6.10. The number of fused-ring (bicyclic) bond motifs is 1. The quantitative estimate of drug-likeness (QED) is 0.195. The number of amides is 1. The Bertz CT molecular complexity index is 1920. The third kappa shape index (κ3) is 6.37. The van der Waals surface area contributed by atoms with Crippen LogP contribution >= 0.6 is 0 Å². The van der Waals surface area contributed by atoms with Gasteiger partial charge in [0.15, 0.2) is 5.82 Å². The molecule has 0 unspecified atom stereocenters. The topological polar surface area (TPSA) is 132 Å². The largest absolute Gasteiger partial charge is 0.416 e. The molecule has 2 aliphatic carbocycles. The van der Waals surface area contributed by atoms with E-state index in [0.29, 0.717) is 58.2 Å². The molecule has 1 amide bonds. The lowest BCUT2D eigenvalue weighted by atomic mass is 9.89. The van der Waals surface area contributed by atoms with Crippen LogP contribution in [0.4, 0.5) is 24.8 Å². The van der Waals surface area contributed by atoms with Crippen molar-refractivity contribution in [3.63, 3.8) is 0 Å². The molecule has 248 valence electrons. The number of aryl methyl sites for hydroxylation is 1. The van der Waals surface area contributed by atoms with E-state index in [0.717, 1.165) is 12.5 Å². The molecule has 7 rings (SSSR count). The van der Waals surface area contributed by atoms with Crippen LogP contribution in [0.1, 0.15) is 71.6 Å². The number of aliphatic hydroxyl groups is 1. The van der Waals surface area contributed by atoms with E-state index in [1.807, 2.05) is 6.07 Å². The number of aromatic nitrogens is 4. The van der Waals surface area contributed by atoms with Crippen LogP contribution in [-0.4, -0.2) is 48.9 Å². The second-order valence-electron chi connectivity index (χ2n) is 13.2. The molecule has 2 aromatic heterocycles. The van der Waals surface area contributed by atoms with Gasteiger partial charge in [-0.2, -0.15) is 18.4 Å². The minimum absolute atomic E-state index is 0.00895. The fourth-order valence-electron chi connectivity index (χ4n) is 6.65. The van der Waals surface area contributed by atoms with Gasteiger partial charge in [0.2, 0.25) is 0 Å². The van der Waals surface area contributed by atoms with Crippen LogP contribution in [0.15, 0.2) is 48.8 Å². The van der Waals surface area contributed by atoms with Crippen molar-refractivity contribution in [3.05, 3.63) is 76.6 Å². The first-order valence-electron chi connectivity index (χ1n) is 16.1. The highest BCUT2D eigenvalue weighted by Gasteiger charge is 2.41. The molecule has 2 aromatic carbocycles. The fourth-order valence-corrected chi connectivity index (χ4v) is 6.65. The number of carbonyl (C=O) groups is 1. The Kier molecular flexibility index (Phi) is 8.17. The summed E-state index contributed by atoms with van der Waals surface area (Å²) in [5, 5.41) is 34.3. The standard InChI is InChI=1S/C35H35F3N8O2/c1-19(7-20-3-4-20)42-31-11-23(27-8-21(15-39)5-6-26(27)33-44-41-18-45(33)2)12-32(43-31)46-17-29-28(34(46)48)9-22(10-30(29)35(36,37)38)16-40-24-13-25(47)14-24/h5-6,8-12,18-20,24-25,40,47H,3-4,7,13-14,16-17H2,1-2H3,(H,42,43)/t19-,24?,25?/m0/s1. The SMILES string of the molecule is C[C@@H](CC1CC1)Nc1cc(-c2cc(C#N)ccc2-c2nncn2C)cc(N2Cc3c(cc(CNC4CC(O)C4)cc3C(F)(F)F)C2=O)n1. The highest BCUT2D eigenvalue weighted by Crippen LogP contribution is 2.41. The molecule has 3 heterocycles. The first kappa shape index (κ1) is 31.8. The van der Waals surface area contributed by atoms with Crippen molar-refractivity contribution in [2.45, 2.75) is 76.5 Å². The summed E-state index contributed by atoms with van der Waals surface area (Å²) in [6.07, 6.45) is 0.861. The van der Waals surface area contributed by atoms with Crippen molar-refractivity contribution in [1.29, 1.82) is 5.26 Å². The average molecular weight is 657 g/mol. The molecule has 0 spiro atoms. The average Bonchev–Trinajstić information content (AvgIpc) is 3.64. The zero-order valence-corrected chi connectivity index (χ0v) is 26.6. The molecule has 2 fully saturated rings. The van der Waals surface area contributed by atoms with Crippen LogP contribution in [0.2, 0.25) is 0 Å². The number of hydrogen-bond donors (Lipinski definition) is 3. The van der Waals surface area contributed by atoms with Crippen LogP contribution in [0.25, 0.3) is 22.5 Å². The van der Waals surface area contributed by atoms with Gasteiger partial charge in [0.25, 0.3) is 5.91 Å². The zero-order chi connectivity index (χ0) is 33.7. The Balaban J connectivity index is 1.30. The predicted octanol–water partition coefficient (Wildman–Crippen LogP) is 5.81. The van der Waals surface area contributed by atoms with Crippen molar-refractivity contribution >= 4 is 17.5 Å². The van der Waals surface area contributed by atoms with Gasteiger partial charge in [-0.3, -0.25) is 9.69 Å². The lowest BCUT2D eigenvalue weighted by molar-refractivity contribution is -0.138. The molecule has 3 N–H and O–H groups in total. The molecule has 0 bridgehead atoms. The van der Waals surface area contributed by atoms with Crippen molar-refractivity contribution < 1.29 is 23.1 Å². The molecule has 0 saturated heterocycles. The third-order valence-corrected chi connectivity index (χ3v) is 9.39. The molecule has 48 heavy (non-hydrogen) atoms. The van der Waals surface area contributed by atoms with Gasteiger partial charge >= 0.3 is 6.18 Å². The number of pyridine rings is 1. The number of halogens is 3. The van der Waals surface area contributed by atoms with Crippen LogP contribution in [-0.2, 0) is 26.3 Å². The van der Waals surface area contributed by atoms with E-state index in [1.165, 1.54) is 23.8 Å². The van der Waals surface area contributed by atoms with Gasteiger partial charge in [-0.1, -0.05) is 12.8 Å². The Labute approximate surface area is 275 Å². The van der Waals surface area contributed by atoms with Crippen LogP contribution in [0, 0.1) is 17.2 Å². The maximum Gasteiger partial charge on any atom is 0.416 e. The van der Waals surface area contributed by atoms with Gasteiger partial charge in [-0.15, -0.1) is 10.2 Å². The zero-order valence-electron chi connectivity index (χ0n) is 26.6. The number of nitrogens with zero attached hydrogens (tertiary/aromatic N) is 6. The van der Waals surface area contributed by atoms with Crippen molar-refractivity contribution in [2.24, 2.45) is 13.0 Å². The van der Waals surface area contributed by atoms with E-state index in [4.69, 9.17) is 4.98 Å². The number of nitrogens with one attached hydrogen (secondary N) is 2. The Morgan fingerprint density at radius 2 is 1.90 bits per heavy atom. The number of carbonyl (C=O) groups excluding carboxylic acids is 1. The molecule has 0 radical (unpaired) electrons. The summed E-state index contributed by atoms with van der Waals surface area (Å²) in [6.45, 7) is 1.90. The number of alkyl halides is 3. The van der Waals surface area contributed by atoms with Gasteiger partial charge in [0.05, 0.1) is 29.8 Å². The second kappa shape index (κ2) is 12.3. The third-order valence-electron chi connectivity index (χ3n) is 9.39. The lowest BCUT2D eigenvalue weighted by Gasteiger charge is -2.32. The highest BCUT2D eigenvalue weighted by atomic mass is 19.4. The number of anilines is 2. The first-order chi connectivity index (χ1) is 23.0. The van der Waals surface area contributed by atoms with Gasteiger partial charge in [-0.05, 0) is 96.8 Å². The smallest absolute Gasteiger partial charge is 0.393 e. The van der Waals surface area contributed by atoms with Gasteiger partial charge < -0.3 is 20.3 Å². The number of benzene rings is 2. The minimum atomic E-state index is -4.67. The molecule has 13 heteroatoms. The van der Waals surface area contributed by atoms with E-state index in [9.17, 15) is 28.3 Å². The second-order valence-corrected chi connectivity index (χ2v) is 13.2. The summed E-state index contributed by atoms with van der Waals surface area (Å²) < 4.78 is 45.1. The number of hydrogen-bond acceptors (Lipinski definition) is 8. The van der Waals surface area contributed by atoms with Crippen molar-refractivity contribution in [3.8, 4) is 28.6 Å². The molecule has 4 aromatic rings. The lowest BCUT2D eigenvalue weighted by Crippen LogP contribution is -2.43. The molecule has 1 atom stereocenters. The van der Waals surface area contributed by atoms with E-state index in [1.54, 1.807) is 42.2 Å². The van der Waals surface area contributed by atoms with E-state index in [-0.39, 0.29) is 42.1 Å². The maximum atomic E-state index is 14.4. The summed E-state index contributed by atoms with van der Waals surface area (Å²) in [6, 6.07) is 13.6. The van der Waals surface area contributed by atoms with Gasteiger partial charge in [-0.25, -0.2) is 4.98 Å². The molecule has 2 saturated carbocycles. The summed E-state index contributed by atoms with van der Waals surface area (Å²) in [5.41, 5.74) is 1.75.